The molecule has 1 aromatic rings. The lowest BCUT2D eigenvalue weighted by atomic mass is 10.2. The number of fused-ring (bicyclic) bond motifs is 1. The third-order valence-corrected chi connectivity index (χ3v) is 3.74. The smallest absolute Gasteiger partial charge is 0.123 e. The van der Waals surface area contributed by atoms with Gasteiger partial charge in [-0.05, 0) is 17.4 Å². The highest BCUT2D eigenvalue weighted by Gasteiger charge is 2.55. The van der Waals surface area contributed by atoms with Crippen LogP contribution in [0.15, 0.2) is 30.3 Å². The van der Waals surface area contributed by atoms with Crippen LogP contribution in [0.2, 0.25) is 0 Å². The molecule has 0 unspecified atom stereocenters. The van der Waals surface area contributed by atoms with E-state index >= 15 is 0 Å². The van der Waals surface area contributed by atoms with Gasteiger partial charge in [0.1, 0.15) is 6.29 Å². The summed E-state index contributed by atoms with van der Waals surface area (Å²) in [7, 11) is 0. The van der Waals surface area contributed by atoms with Crippen LogP contribution in [0, 0.1) is 17.8 Å². The molecular formula is C13H15NO. The van der Waals surface area contributed by atoms with Crippen molar-refractivity contribution in [1.82, 2.24) is 4.90 Å². The average molecular weight is 201 g/mol. The molecule has 1 aliphatic heterocycles. The van der Waals surface area contributed by atoms with Gasteiger partial charge in [0.2, 0.25) is 0 Å². The van der Waals surface area contributed by atoms with Crippen LogP contribution in [0.1, 0.15) is 5.56 Å². The van der Waals surface area contributed by atoms with Gasteiger partial charge in [0.05, 0.1) is 0 Å². The summed E-state index contributed by atoms with van der Waals surface area (Å²) < 4.78 is 0. The quantitative estimate of drug-likeness (QED) is 0.692. The predicted octanol–water partition coefficient (Wildman–Crippen LogP) is 1.56. The van der Waals surface area contributed by atoms with E-state index in [2.05, 4.69) is 29.2 Å². The lowest BCUT2D eigenvalue weighted by molar-refractivity contribution is -0.109. The summed E-state index contributed by atoms with van der Waals surface area (Å²) in [5.74, 6) is 1.73. The molecule has 1 aromatic carbocycles. The van der Waals surface area contributed by atoms with Gasteiger partial charge in [0.25, 0.3) is 0 Å². The van der Waals surface area contributed by atoms with Crippen molar-refractivity contribution >= 4 is 6.29 Å². The van der Waals surface area contributed by atoms with Crippen LogP contribution < -0.4 is 0 Å². The summed E-state index contributed by atoms with van der Waals surface area (Å²) in [4.78, 5) is 13.1. The summed E-state index contributed by atoms with van der Waals surface area (Å²) in [6.07, 6.45) is 1.15. The number of rotatable bonds is 3. The summed E-state index contributed by atoms with van der Waals surface area (Å²) in [5.41, 5.74) is 1.38. The standard InChI is InChI=1S/C13H15NO/c15-9-13-11-7-14(8-12(11)13)6-10-4-2-1-3-5-10/h1-5,9,11-13H,6-8H2/t11-,12+,13+. The number of nitrogens with zero attached hydrogens (tertiary/aromatic N) is 1. The fourth-order valence-corrected chi connectivity index (χ4v) is 2.83. The molecule has 2 aliphatic rings. The Bertz CT molecular complexity index is 350. The Morgan fingerprint density at radius 3 is 2.47 bits per heavy atom. The third kappa shape index (κ3) is 1.59. The van der Waals surface area contributed by atoms with Crippen LogP contribution in [0.3, 0.4) is 0 Å². The van der Waals surface area contributed by atoms with Crippen LogP contribution in [0.4, 0.5) is 0 Å². The molecule has 3 atom stereocenters. The Kier molecular flexibility index (Phi) is 2.10. The van der Waals surface area contributed by atoms with E-state index in [0.29, 0.717) is 17.8 Å². The molecule has 1 saturated heterocycles. The monoisotopic (exact) mass is 201 g/mol. The molecule has 1 saturated carbocycles. The fraction of sp³-hybridized carbons (Fsp3) is 0.462. The van der Waals surface area contributed by atoms with Crippen molar-refractivity contribution in [3.05, 3.63) is 35.9 Å². The van der Waals surface area contributed by atoms with Crippen molar-refractivity contribution < 1.29 is 4.79 Å². The molecule has 0 amide bonds. The fourth-order valence-electron chi connectivity index (χ4n) is 2.83. The largest absolute Gasteiger partial charge is 0.303 e. The van der Waals surface area contributed by atoms with Crippen molar-refractivity contribution in [2.24, 2.45) is 17.8 Å². The van der Waals surface area contributed by atoms with Crippen LogP contribution in [0.25, 0.3) is 0 Å². The molecule has 2 nitrogen and oxygen atoms in total. The highest BCUT2D eigenvalue weighted by atomic mass is 16.1. The highest BCUT2D eigenvalue weighted by Crippen LogP contribution is 2.50. The maximum atomic E-state index is 10.6. The Morgan fingerprint density at radius 2 is 1.87 bits per heavy atom. The molecule has 0 N–H and O–H groups in total. The van der Waals surface area contributed by atoms with Crippen molar-refractivity contribution in [2.75, 3.05) is 13.1 Å². The molecule has 1 heterocycles. The number of piperidine rings is 1. The van der Waals surface area contributed by atoms with E-state index < -0.39 is 0 Å². The van der Waals surface area contributed by atoms with Gasteiger partial charge in [-0.3, -0.25) is 4.90 Å². The molecule has 2 fully saturated rings. The zero-order valence-electron chi connectivity index (χ0n) is 8.67. The number of aldehydes is 1. The molecule has 3 rings (SSSR count). The first-order chi connectivity index (χ1) is 7.38. The number of carbonyl (C=O) groups is 1. The molecule has 15 heavy (non-hydrogen) atoms. The molecular weight excluding hydrogens is 186 g/mol. The van der Waals surface area contributed by atoms with Crippen molar-refractivity contribution in [3.63, 3.8) is 0 Å². The average Bonchev–Trinajstić information content (AvgIpc) is 2.75. The second kappa shape index (κ2) is 3.46. The maximum Gasteiger partial charge on any atom is 0.123 e. The van der Waals surface area contributed by atoms with Crippen LogP contribution >= 0.6 is 0 Å². The van der Waals surface area contributed by atoms with E-state index in [0.717, 1.165) is 25.9 Å². The van der Waals surface area contributed by atoms with Crippen LogP contribution in [-0.4, -0.2) is 24.3 Å². The summed E-state index contributed by atoms with van der Waals surface area (Å²) in [6.45, 7) is 3.27. The molecule has 0 radical (unpaired) electrons. The van der Waals surface area contributed by atoms with Gasteiger partial charge in [-0.25, -0.2) is 0 Å². The molecule has 0 spiro atoms. The first-order valence-corrected chi connectivity index (χ1v) is 5.60. The Labute approximate surface area is 89.9 Å². The van der Waals surface area contributed by atoms with Crippen molar-refractivity contribution in [2.45, 2.75) is 6.54 Å². The molecule has 1 aliphatic carbocycles. The van der Waals surface area contributed by atoms with Gasteiger partial charge in [0.15, 0.2) is 0 Å². The number of hydrogen-bond donors (Lipinski definition) is 0. The topological polar surface area (TPSA) is 20.3 Å². The summed E-state index contributed by atoms with van der Waals surface area (Å²) in [6, 6.07) is 10.6. The number of likely N-dealkylation sites (tertiary alicyclic amines) is 1. The van der Waals surface area contributed by atoms with Gasteiger partial charge >= 0.3 is 0 Å². The maximum absolute atomic E-state index is 10.6. The second-order valence-electron chi connectivity index (χ2n) is 4.72. The molecule has 2 heteroatoms. The number of carbonyl (C=O) groups excluding carboxylic acids is 1. The molecule has 78 valence electrons. The van der Waals surface area contributed by atoms with Gasteiger partial charge in [-0.1, -0.05) is 30.3 Å². The van der Waals surface area contributed by atoms with Crippen molar-refractivity contribution in [1.29, 1.82) is 0 Å². The Balaban J connectivity index is 1.58. The zero-order chi connectivity index (χ0) is 10.3. The van der Waals surface area contributed by atoms with E-state index in [-0.39, 0.29) is 0 Å². The lowest BCUT2D eigenvalue weighted by Gasteiger charge is -2.18. The first-order valence-electron chi connectivity index (χ1n) is 5.60. The molecule has 0 bridgehead atoms. The SMILES string of the molecule is O=C[C@@H]1[C@H]2CN(Cc3ccccc3)C[C@@H]12. The van der Waals surface area contributed by atoms with Crippen LogP contribution in [0.5, 0.6) is 0 Å². The van der Waals surface area contributed by atoms with Gasteiger partial charge < -0.3 is 4.79 Å². The highest BCUT2D eigenvalue weighted by molar-refractivity contribution is 5.60. The third-order valence-electron chi connectivity index (χ3n) is 3.74. The van der Waals surface area contributed by atoms with E-state index in [1.165, 1.54) is 5.56 Å². The minimum absolute atomic E-state index is 0.386. The number of benzene rings is 1. The normalized spacial score (nSPS) is 33.7. The Morgan fingerprint density at radius 1 is 1.20 bits per heavy atom. The lowest BCUT2D eigenvalue weighted by Crippen LogP contribution is -2.24. The van der Waals surface area contributed by atoms with E-state index in [1.54, 1.807) is 0 Å². The Hall–Kier alpha value is -1.15. The van der Waals surface area contributed by atoms with Gasteiger partial charge in [-0.2, -0.15) is 0 Å². The predicted molar refractivity (Wildman–Crippen MR) is 58.3 cm³/mol. The minimum atomic E-state index is 0.386. The number of hydrogen-bond acceptors (Lipinski definition) is 2. The second-order valence-corrected chi connectivity index (χ2v) is 4.72. The van der Waals surface area contributed by atoms with E-state index in [1.807, 2.05) is 6.07 Å². The van der Waals surface area contributed by atoms with E-state index in [9.17, 15) is 4.79 Å². The van der Waals surface area contributed by atoms with Gasteiger partial charge in [-0.15, -0.1) is 0 Å². The minimum Gasteiger partial charge on any atom is -0.303 e. The summed E-state index contributed by atoms with van der Waals surface area (Å²) in [5, 5.41) is 0. The van der Waals surface area contributed by atoms with Crippen LogP contribution in [-0.2, 0) is 11.3 Å². The van der Waals surface area contributed by atoms with E-state index in [4.69, 9.17) is 0 Å². The molecule has 0 aromatic heterocycles. The van der Waals surface area contributed by atoms with Gasteiger partial charge in [0, 0.05) is 25.6 Å². The summed E-state index contributed by atoms with van der Waals surface area (Å²) >= 11 is 0. The first kappa shape index (κ1) is 9.10. The zero-order valence-corrected chi connectivity index (χ0v) is 8.67. The van der Waals surface area contributed by atoms with Crippen molar-refractivity contribution in [3.8, 4) is 0 Å².